The molecule has 0 atom stereocenters. The van der Waals surface area contributed by atoms with E-state index >= 15 is 0 Å². The highest BCUT2D eigenvalue weighted by Crippen LogP contribution is 2.30. The molecule has 114 valence electrons. The molecule has 1 aromatic rings. The summed E-state index contributed by atoms with van der Waals surface area (Å²) in [5.74, 6) is 0.995. The molecule has 0 saturated heterocycles. The highest BCUT2D eigenvalue weighted by Gasteiger charge is 2.22. The maximum Gasteiger partial charge on any atom is 0.147 e. The van der Waals surface area contributed by atoms with Crippen LogP contribution in [-0.4, -0.2) is 29.1 Å². The zero-order chi connectivity index (χ0) is 14.9. The van der Waals surface area contributed by atoms with Crippen LogP contribution in [0.4, 0.5) is 5.82 Å². The fourth-order valence-electron chi connectivity index (χ4n) is 2.70. The van der Waals surface area contributed by atoms with Gasteiger partial charge in [-0.2, -0.15) is 0 Å². The first-order chi connectivity index (χ1) is 10.0. The van der Waals surface area contributed by atoms with Crippen LogP contribution in [0.15, 0.2) is 24.0 Å². The van der Waals surface area contributed by atoms with E-state index in [2.05, 4.69) is 47.0 Å². The molecule has 1 aromatic heterocycles. The fourth-order valence-corrected chi connectivity index (χ4v) is 2.70. The molecule has 4 nitrogen and oxygen atoms in total. The maximum atomic E-state index is 4.58. The average molecular weight is 286 g/mol. The highest BCUT2D eigenvalue weighted by atomic mass is 15.2. The van der Waals surface area contributed by atoms with Crippen molar-refractivity contribution in [1.82, 2.24) is 15.3 Å². The van der Waals surface area contributed by atoms with Gasteiger partial charge in [-0.1, -0.05) is 32.4 Å². The topological polar surface area (TPSA) is 41.1 Å². The van der Waals surface area contributed by atoms with E-state index < -0.39 is 0 Å². The SMILES string of the molecule is CC(C)(C)C1=CCN(c2cnc(CNC3CC3)cn2)CC1. The van der Waals surface area contributed by atoms with Crippen LogP contribution in [0.5, 0.6) is 0 Å². The Morgan fingerprint density at radius 3 is 2.57 bits per heavy atom. The second-order valence-electron chi connectivity index (χ2n) is 7.20. The van der Waals surface area contributed by atoms with Gasteiger partial charge in [0.05, 0.1) is 18.1 Å². The molecule has 0 unspecified atom stereocenters. The Bertz CT molecular complexity index is 509. The van der Waals surface area contributed by atoms with Crippen molar-refractivity contribution in [3.8, 4) is 0 Å². The van der Waals surface area contributed by atoms with Gasteiger partial charge in [0.25, 0.3) is 0 Å². The smallest absolute Gasteiger partial charge is 0.147 e. The molecule has 0 radical (unpaired) electrons. The summed E-state index contributed by atoms with van der Waals surface area (Å²) >= 11 is 0. The van der Waals surface area contributed by atoms with Gasteiger partial charge in [-0.25, -0.2) is 4.98 Å². The van der Waals surface area contributed by atoms with E-state index in [1.165, 1.54) is 12.8 Å². The lowest BCUT2D eigenvalue weighted by molar-refractivity contribution is 0.472. The molecule has 21 heavy (non-hydrogen) atoms. The third kappa shape index (κ3) is 3.82. The summed E-state index contributed by atoms with van der Waals surface area (Å²) in [6, 6.07) is 0.717. The van der Waals surface area contributed by atoms with Crippen molar-refractivity contribution in [3.05, 3.63) is 29.7 Å². The fraction of sp³-hybridized carbons (Fsp3) is 0.647. The molecule has 0 spiro atoms. The van der Waals surface area contributed by atoms with Gasteiger partial charge in [-0.05, 0) is 24.7 Å². The molecule has 0 aromatic carbocycles. The van der Waals surface area contributed by atoms with Crippen molar-refractivity contribution in [3.63, 3.8) is 0 Å². The van der Waals surface area contributed by atoms with Gasteiger partial charge >= 0.3 is 0 Å². The van der Waals surface area contributed by atoms with Crippen LogP contribution in [0.3, 0.4) is 0 Å². The molecule has 4 heteroatoms. The molecule has 1 saturated carbocycles. The summed E-state index contributed by atoms with van der Waals surface area (Å²) < 4.78 is 0. The standard InChI is InChI=1S/C17H26N4/c1-17(2,3)13-6-8-21(9-7-13)16-12-19-15(11-20-16)10-18-14-4-5-14/h6,11-12,14,18H,4-5,7-10H2,1-3H3. The van der Waals surface area contributed by atoms with Crippen LogP contribution in [-0.2, 0) is 6.54 Å². The third-order valence-corrected chi connectivity index (χ3v) is 4.34. The molecule has 3 rings (SSSR count). The third-order valence-electron chi connectivity index (χ3n) is 4.34. The number of hydrogen-bond donors (Lipinski definition) is 1. The van der Waals surface area contributed by atoms with Crippen molar-refractivity contribution in [2.45, 2.75) is 52.6 Å². The molecular formula is C17H26N4. The number of hydrogen-bond acceptors (Lipinski definition) is 4. The number of anilines is 1. The van der Waals surface area contributed by atoms with Crippen molar-refractivity contribution in [1.29, 1.82) is 0 Å². The first-order valence-corrected chi connectivity index (χ1v) is 8.01. The Labute approximate surface area is 127 Å². The van der Waals surface area contributed by atoms with Gasteiger partial charge in [0.2, 0.25) is 0 Å². The average Bonchev–Trinajstić information content (AvgIpc) is 3.29. The molecule has 1 N–H and O–H groups in total. The van der Waals surface area contributed by atoms with Crippen molar-refractivity contribution < 1.29 is 0 Å². The van der Waals surface area contributed by atoms with Gasteiger partial charge < -0.3 is 10.2 Å². The number of nitrogens with one attached hydrogen (secondary N) is 1. The van der Waals surface area contributed by atoms with E-state index in [1.54, 1.807) is 5.57 Å². The van der Waals surface area contributed by atoms with Crippen LogP contribution < -0.4 is 10.2 Å². The summed E-state index contributed by atoms with van der Waals surface area (Å²) in [4.78, 5) is 11.4. The first kappa shape index (κ1) is 14.5. The summed E-state index contributed by atoms with van der Waals surface area (Å²) in [5.41, 5.74) is 2.88. The van der Waals surface area contributed by atoms with Gasteiger partial charge in [-0.15, -0.1) is 0 Å². The molecule has 1 aliphatic heterocycles. The van der Waals surface area contributed by atoms with Gasteiger partial charge in [0.15, 0.2) is 0 Å². The van der Waals surface area contributed by atoms with Crippen LogP contribution in [0, 0.1) is 5.41 Å². The van der Waals surface area contributed by atoms with Crippen LogP contribution >= 0.6 is 0 Å². The predicted molar refractivity (Wildman–Crippen MR) is 86.3 cm³/mol. The van der Waals surface area contributed by atoms with E-state index in [0.29, 0.717) is 0 Å². The Hall–Kier alpha value is -1.42. The van der Waals surface area contributed by atoms with Crippen molar-refractivity contribution in [2.75, 3.05) is 18.0 Å². The van der Waals surface area contributed by atoms with Gasteiger partial charge in [0, 0.05) is 25.7 Å². The maximum absolute atomic E-state index is 4.58. The molecule has 1 aliphatic carbocycles. The summed E-state index contributed by atoms with van der Waals surface area (Å²) in [6.45, 7) is 9.69. The quantitative estimate of drug-likeness (QED) is 0.864. The zero-order valence-electron chi connectivity index (χ0n) is 13.4. The summed E-state index contributed by atoms with van der Waals surface area (Å²) in [7, 11) is 0. The summed E-state index contributed by atoms with van der Waals surface area (Å²) in [5, 5.41) is 3.47. The second kappa shape index (κ2) is 5.76. The Kier molecular flexibility index (Phi) is 3.98. The van der Waals surface area contributed by atoms with E-state index in [9.17, 15) is 0 Å². The van der Waals surface area contributed by atoms with Crippen LogP contribution in [0.2, 0.25) is 0 Å². The van der Waals surface area contributed by atoms with Crippen molar-refractivity contribution in [2.24, 2.45) is 5.41 Å². The van der Waals surface area contributed by atoms with E-state index in [1.807, 2.05) is 12.4 Å². The molecular weight excluding hydrogens is 260 g/mol. The number of nitrogens with zero attached hydrogens (tertiary/aromatic N) is 3. The minimum absolute atomic E-state index is 0.288. The monoisotopic (exact) mass is 286 g/mol. The molecule has 2 heterocycles. The lowest BCUT2D eigenvalue weighted by Gasteiger charge is -2.32. The first-order valence-electron chi connectivity index (χ1n) is 8.01. The predicted octanol–water partition coefficient (Wildman–Crippen LogP) is 2.91. The lowest BCUT2D eigenvalue weighted by Crippen LogP contribution is -2.32. The molecule has 0 amide bonds. The lowest BCUT2D eigenvalue weighted by atomic mass is 9.83. The van der Waals surface area contributed by atoms with E-state index in [4.69, 9.17) is 0 Å². The van der Waals surface area contributed by atoms with Crippen LogP contribution in [0.25, 0.3) is 0 Å². The Morgan fingerprint density at radius 2 is 2.05 bits per heavy atom. The minimum Gasteiger partial charge on any atom is -0.351 e. The minimum atomic E-state index is 0.288. The van der Waals surface area contributed by atoms with Gasteiger partial charge in [0.1, 0.15) is 5.82 Å². The number of aromatic nitrogens is 2. The zero-order valence-corrected chi connectivity index (χ0v) is 13.4. The molecule has 2 aliphatic rings. The largest absolute Gasteiger partial charge is 0.351 e. The van der Waals surface area contributed by atoms with E-state index in [-0.39, 0.29) is 5.41 Å². The second-order valence-corrected chi connectivity index (χ2v) is 7.20. The van der Waals surface area contributed by atoms with E-state index in [0.717, 1.165) is 43.6 Å². The van der Waals surface area contributed by atoms with Gasteiger partial charge in [-0.3, -0.25) is 4.98 Å². The highest BCUT2D eigenvalue weighted by molar-refractivity contribution is 5.39. The Balaban J connectivity index is 1.58. The van der Waals surface area contributed by atoms with Crippen molar-refractivity contribution >= 4 is 5.82 Å². The van der Waals surface area contributed by atoms with Crippen LogP contribution in [0.1, 0.15) is 45.7 Å². The molecule has 1 fully saturated rings. The Morgan fingerprint density at radius 1 is 1.24 bits per heavy atom. The normalized spacial score (nSPS) is 19.6. The summed E-state index contributed by atoms with van der Waals surface area (Å²) in [6.07, 6.45) is 9.92. The molecule has 0 bridgehead atoms. The number of rotatable bonds is 4.